The number of imidazole rings is 1. The third kappa shape index (κ3) is 4.39. The molecule has 0 saturated carbocycles. The van der Waals surface area contributed by atoms with Gasteiger partial charge in [-0.2, -0.15) is 4.98 Å². The smallest absolute Gasteiger partial charge is 0.479 e. The molecular formula is C24H24N4O4. The van der Waals surface area contributed by atoms with Crippen molar-refractivity contribution >= 4 is 17.3 Å². The Morgan fingerprint density at radius 3 is 2.59 bits per heavy atom. The highest BCUT2D eigenvalue weighted by Gasteiger charge is 2.17. The van der Waals surface area contributed by atoms with Gasteiger partial charge in [0.2, 0.25) is 5.88 Å². The summed E-state index contributed by atoms with van der Waals surface area (Å²) in [5, 5.41) is 8.99. The topological polar surface area (TPSA) is 99.4 Å². The number of carbonyl (C=O) groups is 1. The van der Waals surface area contributed by atoms with Crippen LogP contribution >= 0.6 is 0 Å². The van der Waals surface area contributed by atoms with E-state index in [0.29, 0.717) is 29.4 Å². The third-order valence-electron chi connectivity index (χ3n) is 5.22. The molecule has 0 radical (unpaired) electrons. The number of benzene rings is 2. The van der Waals surface area contributed by atoms with Crippen molar-refractivity contribution in [1.82, 2.24) is 19.5 Å². The molecule has 2 heterocycles. The van der Waals surface area contributed by atoms with Crippen molar-refractivity contribution in [1.29, 1.82) is 0 Å². The Morgan fingerprint density at radius 2 is 1.88 bits per heavy atom. The maximum absolute atomic E-state index is 11.0. The van der Waals surface area contributed by atoms with Crippen molar-refractivity contribution < 1.29 is 19.4 Å². The number of nitrogens with zero attached hydrogens (tertiary/aromatic N) is 4. The van der Waals surface area contributed by atoms with E-state index in [-0.39, 0.29) is 0 Å². The predicted octanol–water partition coefficient (Wildman–Crippen LogP) is 4.95. The number of para-hydroxylation sites is 1. The summed E-state index contributed by atoms with van der Waals surface area (Å²) in [4.78, 5) is 24.3. The van der Waals surface area contributed by atoms with Crippen LogP contribution in [0, 0.1) is 0 Å². The SMILES string of the molecule is CCCCc1nc2ncnc(OC)c2n1Cc1ccc(-c2ccccc2OC(=O)O)cc1. The third-order valence-corrected chi connectivity index (χ3v) is 5.22. The second-order valence-electron chi connectivity index (χ2n) is 7.33. The first-order chi connectivity index (χ1) is 15.6. The maximum Gasteiger partial charge on any atom is 0.511 e. The van der Waals surface area contributed by atoms with E-state index in [9.17, 15) is 4.79 Å². The number of aromatic nitrogens is 4. The van der Waals surface area contributed by atoms with Crippen molar-refractivity contribution in [2.24, 2.45) is 0 Å². The van der Waals surface area contributed by atoms with Crippen LogP contribution in [0.3, 0.4) is 0 Å². The zero-order valence-electron chi connectivity index (χ0n) is 18.0. The summed E-state index contributed by atoms with van der Waals surface area (Å²) in [5.74, 6) is 1.75. The van der Waals surface area contributed by atoms with E-state index in [1.54, 1.807) is 19.2 Å². The van der Waals surface area contributed by atoms with E-state index in [1.165, 1.54) is 6.33 Å². The molecule has 0 atom stereocenters. The van der Waals surface area contributed by atoms with Crippen LogP contribution in [-0.4, -0.2) is 37.9 Å². The van der Waals surface area contributed by atoms with Gasteiger partial charge in [-0.05, 0) is 23.6 Å². The number of unbranched alkanes of at least 4 members (excludes halogenated alkanes) is 1. The van der Waals surface area contributed by atoms with E-state index in [1.807, 2.05) is 36.4 Å². The minimum absolute atomic E-state index is 0.303. The van der Waals surface area contributed by atoms with Crippen LogP contribution in [0.4, 0.5) is 4.79 Å². The van der Waals surface area contributed by atoms with Crippen molar-refractivity contribution in [3.8, 4) is 22.8 Å². The highest BCUT2D eigenvalue weighted by Crippen LogP contribution is 2.31. The average Bonchev–Trinajstić information content (AvgIpc) is 3.15. The fourth-order valence-electron chi connectivity index (χ4n) is 3.69. The number of carboxylic acid groups (broad SMARTS) is 1. The summed E-state index contributed by atoms with van der Waals surface area (Å²) in [6.45, 7) is 2.74. The molecular weight excluding hydrogens is 408 g/mol. The molecule has 32 heavy (non-hydrogen) atoms. The lowest BCUT2D eigenvalue weighted by Gasteiger charge is -2.12. The van der Waals surface area contributed by atoms with Crippen molar-refractivity contribution in [3.63, 3.8) is 0 Å². The van der Waals surface area contributed by atoms with Gasteiger partial charge in [-0.25, -0.2) is 14.8 Å². The summed E-state index contributed by atoms with van der Waals surface area (Å²) in [6, 6.07) is 15.0. The van der Waals surface area contributed by atoms with Crippen LogP contribution in [-0.2, 0) is 13.0 Å². The molecule has 8 heteroatoms. The molecule has 8 nitrogen and oxygen atoms in total. The molecule has 0 spiro atoms. The Kier molecular flexibility index (Phi) is 6.30. The number of methoxy groups -OCH3 is 1. The van der Waals surface area contributed by atoms with Crippen molar-refractivity contribution in [3.05, 3.63) is 66.2 Å². The molecule has 2 aromatic carbocycles. The summed E-state index contributed by atoms with van der Waals surface area (Å²) in [5.41, 5.74) is 4.06. The largest absolute Gasteiger partial charge is 0.511 e. The monoisotopic (exact) mass is 432 g/mol. The van der Waals surface area contributed by atoms with Gasteiger partial charge in [0.15, 0.2) is 11.2 Å². The maximum atomic E-state index is 11.0. The standard InChI is InChI=1S/C24H24N4O4/c1-3-4-9-20-27-22-21(23(31-2)26-15-25-22)28(20)14-16-10-12-17(13-11-16)18-7-5-6-8-19(18)32-24(29)30/h5-8,10-13,15H,3-4,9,14H2,1-2H3,(H,29,30). The predicted molar refractivity (Wildman–Crippen MR) is 120 cm³/mol. The van der Waals surface area contributed by atoms with E-state index in [2.05, 4.69) is 21.5 Å². The molecule has 164 valence electrons. The molecule has 0 aliphatic heterocycles. The van der Waals surface area contributed by atoms with Gasteiger partial charge < -0.3 is 19.1 Å². The summed E-state index contributed by atoms with van der Waals surface area (Å²) >= 11 is 0. The van der Waals surface area contributed by atoms with Crippen LogP contribution < -0.4 is 9.47 Å². The number of hydrogen-bond donors (Lipinski definition) is 1. The molecule has 4 rings (SSSR count). The Labute approximate surface area is 185 Å². The lowest BCUT2D eigenvalue weighted by Crippen LogP contribution is -2.07. The normalized spacial score (nSPS) is 10.9. The fourth-order valence-corrected chi connectivity index (χ4v) is 3.69. The molecule has 1 N–H and O–H groups in total. The molecule has 0 saturated heterocycles. The first-order valence-electron chi connectivity index (χ1n) is 10.4. The zero-order valence-corrected chi connectivity index (χ0v) is 18.0. The Hall–Kier alpha value is -3.94. The first-order valence-corrected chi connectivity index (χ1v) is 10.4. The molecule has 4 aromatic rings. The van der Waals surface area contributed by atoms with Gasteiger partial charge in [0.05, 0.1) is 7.11 Å². The Morgan fingerprint density at radius 1 is 1.09 bits per heavy atom. The number of fused-ring (bicyclic) bond motifs is 1. The highest BCUT2D eigenvalue weighted by molar-refractivity contribution is 5.77. The summed E-state index contributed by atoms with van der Waals surface area (Å²) < 4.78 is 12.5. The van der Waals surface area contributed by atoms with Crippen LogP contribution in [0.1, 0.15) is 31.2 Å². The number of rotatable bonds is 8. The van der Waals surface area contributed by atoms with Gasteiger partial charge >= 0.3 is 6.16 Å². The van der Waals surface area contributed by atoms with Gasteiger partial charge in [0.1, 0.15) is 17.9 Å². The first kappa shape index (κ1) is 21.3. The second kappa shape index (κ2) is 9.47. The zero-order chi connectivity index (χ0) is 22.5. The second-order valence-corrected chi connectivity index (χ2v) is 7.33. The van der Waals surface area contributed by atoms with Crippen molar-refractivity contribution in [2.75, 3.05) is 7.11 Å². The molecule has 0 fully saturated rings. The van der Waals surface area contributed by atoms with Crippen LogP contribution in [0.15, 0.2) is 54.9 Å². The fraction of sp³-hybridized carbons (Fsp3) is 0.250. The van der Waals surface area contributed by atoms with Gasteiger partial charge in [-0.1, -0.05) is 55.8 Å². The molecule has 0 amide bonds. The van der Waals surface area contributed by atoms with Crippen LogP contribution in [0.2, 0.25) is 0 Å². The molecule has 0 unspecified atom stereocenters. The minimum Gasteiger partial charge on any atom is -0.479 e. The van der Waals surface area contributed by atoms with Gasteiger partial charge in [-0.3, -0.25) is 0 Å². The number of ether oxygens (including phenoxy) is 2. The Balaban J connectivity index is 1.68. The van der Waals surface area contributed by atoms with Gasteiger partial charge in [-0.15, -0.1) is 0 Å². The highest BCUT2D eigenvalue weighted by atomic mass is 16.7. The lowest BCUT2D eigenvalue weighted by atomic mass is 10.0. The molecule has 0 aliphatic rings. The van der Waals surface area contributed by atoms with E-state index in [4.69, 9.17) is 19.6 Å². The number of aryl methyl sites for hydroxylation is 1. The average molecular weight is 432 g/mol. The molecule has 0 bridgehead atoms. The Bertz CT molecular complexity index is 1230. The van der Waals surface area contributed by atoms with E-state index >= 15 is 0 Å². The molecule has 0 aliphatic carbocycles. The minimum atomic E-state index is -1.34. The van der Waals surface area contributed by atoms with Crippen LogP contribution in [0.5, 0.6) is 11.6 Å². The van der Waals surface area contributed by atoms with Crippen molar-refractivity contribution in [2.45, 2.75) is 32.7 Å². The van der Waals surface area contributed by atoms with E-state index < -0.39 is 6.16 Å². The quantitative estimate of drug-likeness (QED) is 0.311. The summed E-state index contributed by atoms with van der Waals surface area (Å²) in [6.07, 6.45) is 3.06. The van der Waals surface area contributed by atoms with Gasteiger partial charge in [0.25, 0.3) is 0 Å². The van der Waals surface area contributed by atoms with E-state index in [0.717, 1.165) is 41.7 Å². The molecule has 2 aromatic heterocycles. The van der Waals surface area contributed by atoms with Crippen LogP contribution in [0.25, 0.3) is 22.3 Å². The number of hydrogen-bond acceptors (Lipinski definition) is 6. The van der Waals surface area contributed by atoms with Gasteiger partial charge in [0, 0.05) is 18.5 Å². The lowest BCUT2D eigenvalue weighted by molar-refractivity contribution is 0.144. The summed E-state index contributed by atoms with van der Waals surface area (Å²) in [7, 11) is 1.59.